The SMILES string of the molecule is Oc1ccc(-c2cccc(OC(F)(F)F)c2)c(Cl)c1. The summed E-state index contributed by atoms with van der Waals surface area (Å²) in [4.78, 5) is 0. The largest absolute Gasteiger partial charge is 0.573 e. The standard InChI is InChI=1S/C13H8ClF3O2/c14-12-7-9(18)4-5-11(12)8-2-1-3-10(6-8)19-13(15,16)17/h1-7,18H. The molecule has 0 aromatic heterocycles. The van der Waals surface area contributed by atoms with E-state index in [1.165, 1.54) is 36.4 Å². The van der Waals surface area contributed by atoms with Gasteiger partial charge < -0.3 is 9.84 Å². The van der Waals surface area contributed by atoms with Gasteiger partial charge in [-0.15, -0.1) is 13.2 Å². The van der Waals surface area contributed by atoms with E-state index < -0.39 is 6.36 Å². The quantitative estimate of drug-likeness (QED) is 0.874. The fourth-order valence-corrected chi connectivity index (χ4v) is 1.88. The molecule has 2 rings (SSSR count). The van der Waals surface area contributed by atoms with E-state index in [0.29, 0.717) is 11.1 Å². The summed E-state index contributed by atoms with van der Waals surface area (Å²) in [6.07, 6.45) is -4.74. The first-order chi connectivity index (χ1) is 8.85. The maximum Gasteiger partial charge on any atom is 0.573 e. The van der Waals surface area contributed by atoms with Gasteiger partial charge in [0.1, 0.15) is 11.5 Å². The normalized spacial score (nSPS) is 11.4. The highest BCUT2D eigenvalue weighted by atomic mass is 35.5. The molecule has 2 aromatic carbocycles. The Kier molecular flexibility index (Phi) is 3.57. The molecule has 2 aromatic rings. The average Bonchev–Trinajstić information content (AvgIpc) is 2.26. The Bertz CT molecular complexity index is 597. The van der Waals surface area contributed by atoms with Gasteiger partial charge in [0.15, 0.2) is 0 Å². The van der Waals surface area contributed by atoms with E-state index in [9.17, 15) is 18.3 Å². The summed E-state index contributed by atoms with van der Waals surface area (Å²) in [7, 11) is 0. The minimum Gasteiger partial charge on any atom is -0.508 e. The molecule has 0 unspecified atom stereocenters. The highest BCUT2D eigenvalue weighted by Gasteiger charge is 2.31. The van der Waals surface area contributed by atoms with Gasteiger partial charge in [0.05, 0.1) is 5.02 Å². The van der Waals surface area contributed by atoms with Crippen LogP contribution in [0.15, 0.2) is 42.5 Å². The third kappa shape index (κ3) is 3.54. The van der Waals surface area contributed by atoms with Gasteiger partial charge in [-0.05, 0) is 35.9 Å². The lowest BCUT2D eigenvalue weighted by molar-refractivity contribution is -0.274. The molecular formula is C13H8ClF3O2. The van der Waals surface area contributed by atoms with Crippen LogP contribution in [-0.2, 0) is 0 Å². The van der Waals surface area contributed by atoms with E-state index in [-0.39, 0.29) is 16.5 Å². The minimum absolute atomic E-state index is 0.0172. The van der Waals surface area contributed by atoms with E-state index in [1.54, 1.807) is 6.07 Å². The van der Waals surface area contributed by atoms with Crippen molar-refractivity contribution in [2.45, 2.75) is 6.36 Å². The summed E-state index contributed by atoms with van der Waals surface area (Å²) in [5, 5.41) is 9.47. The number of benzene rings is 2. The predicted molar refractivity (Wildman–Crippen MR) is 65.2 cm³/mol. The van der Waals surface area contributed by atoms with E-state index in [2.05, 4.69) is 4.74 Å². The molecule has 0 aliphatic rings. The van der Waals surface area contributed by atoms with Crippen LogP contribution in [0.25, 0.3) is 11.1 Å². The smallest absolute Gasteiger partial charge is 0.508 e. The van der Waals surface area contributed by atoms with Crippen molar-refractivity contribution in [1.82, 2.24) is 0 Å². The molecular weight excluding hydrogens is 281 g/mol. The molecule has 0 radical (unpaired) electrons. The van der Waals surface area contributed by atoms with Crippen LogP contribution < -0.4 is 4.74 Å². The Morgan fingerprint density at radius 2 is 1.79 bits per heavy atom. The van der Waals surface area contributed by atoms with Crippen LogP contribution in [-0.4, -0.2) is 11.5 Å². The summed E-state index contributed by atoms with van der Waals surface area (Å²) in [5.41, 5.74) is 0.971. The Hall–Kier alpha value is -1.88. The van der Waals surface area contributed by atoms with Gasteiger partial charge in [-0.2, -0.15) is 0 Å². The number of phenols is 1. The molecule has 100 valence electrons. The number of rotatable bonds is 2. The molecule has 0 bridgehead atoms. The lowest BCUT2D eigenvalue weighted by atomic mass is 10.1. The summed E-state index contributed by atoms with van der Waals surface area (Å²) >= 11 is 5.93. The van der Waals surface area contributed by atoms with Crippen LogP contribution in [0, 0.1) is 0 Å². The number of hydrogen-bond acceptors (Lipinski definition) is 2. The molecule has 1 N–H and O–H groups in total. The lowest BCUT2D eigenvalue weighted by Gasteiger charge is -2.11. The molecule has 0 heterocycles. The Balaban J connectivity index is 2.38. The van der Waals surface area contributed by atoms with Crippen molar-refractivity contribution in [3.05, 3.63) is 47.5 Å². The molecule has 2 nitrogen and oxygen atoms in total. The molecule has 0 aliphatic carbocycles. The first-order valence-corrected chi connectivity index (χ1v) is 5.58. The van der Waals surface area contributed by atoms with Gasteiger partial charge in [-0.25, -0.2) is 0 Å². The number of hydrogen-bond donors (Lipinski definition) is 1. The van der Waals surface area contributed by atoms with Gasteiger partial charge in [-0.3, -0.25) is 0 Å². The molecule has 0 spiro atoms. The van der Waals surface area contributed by atoms with Gasteiger partial charge in [0, 0.05) is 5.56 Å². The van der Waals surface area contributed by atoms with E-state index in [4.69, 9.17) is 11.6 Å². The first-order valence-electron chi connectivity index (χ1n) is 5.20. The minimum atomic E-state index is -4.74. The topological polar surface area (TPSA) is 29.5 Å². The highest BCUT2D eigenvalue weighted by Crippen LogP contribution is 2.33. The molecule has 0 amide bonds. The molecule has 6 heteroatoms. The fourth-order valence-electron chi connectivity index (χ4n) is 1.60. The van der Waals surface area contributed by atoms with Crippen molar-refractivity contribution in [3.63, 3.8) is 0 Å². The highest BCUT2D eigenvalue weighted by molar-refractivity contribution is 6.33. The second-order valence-electron chi connectivity index (χ2n) is 3.74. The van der Waals surface area contributed by atoms with Gasteiger partial charge in [0.25, 0.3) is 0 Å². The zero-order valence-electron chi connectivity index (χ0n) is 9.41. The lowest BCUT2D eigenvalue weighted by Crippen LogP contribution is -2.17. The third-order valence-electron chi connectivity index (χ3n) is 2.33. The summed E-state index contributed by atoms with van der Waals surface area (Å²) in [6, 6.07) is 9.69. The fraction of sp³-hybridized carbons (Fsp3) is 0.0769. The number of alkyl halides is 3. The van der Waals surface area contributed by atoms with Crippen molar-refractivity contribution in [3.8, 4) is 22.6 Å². The van der Waals surface area contributed by atoms with Gasteiger partial charge in [-0.1, -0.05) is 23.7 Å². The predicted octanol–water partition coefficient (Wildman–Crippen LogP) is 4.61. The maximum absolute atomic E-state index is 12.1. The van der Waals surface area contributed by atoms with Crippen LogP contribution in [0.4, 0.5) is 13.2 Å². The van der Waals surface area contributed by atoms with Crippen molar-refractivity contribution < 1.29 is 23.0 Å². The van der Waals surface area contributed by atoms with Crippen molar-refractivity contribution in [2.24, 2.45) is 0 Å². The zero-order chi connectivity index (χ0) is 14.0. The molecule has 0 fully saturated rings. The molecule has 0 atom stereocenters. The van der Waals surface area contributed by atoms with Crippen LogP contribution in [0.3, 0.4) is 0 Å². The Labute approximate surface area is 112 Å². The van der Waals surface area contributed by atoms with Gasteiger partial charge in [0.2, 0.25) is 0 Å². The van der Waals surface area contributed by atoms with Crippen LogP contribution >= 0.6 is 11.6 Å². The van der Waals surface area contributed by atoms with E-state index >= 15 is 0 Å². The average molecular weight is 289 g/mol. The van der Waals surface area contributed by atoms with E-state index in [0.717, 1.165) is 0 Å². The number of aromatic hydroxyl groups is 1. The maximum atomic E-state index is 12.1. The van der Waals surface area contributed by atoms with Crippen molar-refractivity contribution in [2.75, 3.05) is 0 Å². The Morgan fingerprint density at radius 1 is 1.05 bits per heavy atom. The monoisotopic (exact) mass is 288 g/mol. The zero-order valence-corrected chi connectivity index (χ0v) is 10.2. The first kappa shape index (κ1) is 13.5. The number of phenolic OH excluding ortho intramolecular Hbond substituents is 1. The number of ether oxygens (including phenoxy) is 1. The second-order valence-corrected chi connectivity index (χ2v) is 4.15. The number of halogens is 4. The Morgan fingerprint density at radius 3 is 2.42 bits per heavy atom. The molecule has 19 heavy (non-hydrogen) atoms. The van der Waals surface area contributed by atoms with Crippen molar-refractivity contribution >= 4 is 11.6 Å². The molecule has 0 saturated carbocycles. The summed E-state index contributed by atoms with van der Waals surface area (Å²) in [5.74, 6) is -0.342. The van der Waals surface area contributed by atoms with Gasteiger partial charge >= 0.3 is 6.36 Å². The third-order valence-corrected chi connectivity index (χ3v) is 2.64. The molecule has 0 saturated heterocycles. The van der Waals surface area contributed by atoms with E-state index in [1.807, 2.05) is 0 Å². The summed E-state index contributed by atoms with van der Waals surface area (Å²) in [6.45, 7) is 0. The van der Waals surface area contributed by atoms with Crippen molar-refractivity contribution in [1.29, 1.82) is 0 Å². The summed E-state index contributed by atoms with van der Waals surface area (Å²) < 4.78 is 40.2. The second kappa shape index (κ2) is 5.01. The van der Waals surface area contributed by atoms with Crippen LogP contribution in [0.2, 0.25) is 5.02 Å². The molecule has 0 aliphatic heterocycles. The van der Waals surface area contributed by atoms with Crippen LogP contribution in [0.5, 0.6) is 11.5 Å². The van der Waals surface area contributed by atoms with Crippen LogP contribution in [0.1, 0.15) is 0 Å².